The van der Waals surface area contributed by atoms with Crippen LogP contribution in [0.5, 0.6) is 0 Å². The molecule has 0 spiro atoms. The topological polar surface area (TPSA) is 76.0 Å². The van der Waals surface area contributed by atoms with Crippen molar-refractivity contribution in [3.63, 3.8) is 0 Å². The third-order valence-electron chi connectivity index (χ3n) is 3.11. The fraction of sp³-hybridized carbons (Fsp3) is 0.786. The zero-order chi connectivity index (χ0) is 15.9. The summed E-state index contributed by atoms with van der Waals surface area (Å²) in [6, 6.07) is 2.41. The smallest absolute Gasteiger partial charge is 0.211 e. The van der Waals surface area contributed by atoms with E-state index in [4.69, 9.17) is 0 Å². The predicted octanol–water partition coefficient (Wildman–Crippen LogP) is 1.20. The Balaban J connectivity index is 2.20. The van der Waals surface area contributed by atoms with Crippen LogP contribution in [0.4, 0.5) is 0 Å². The minimum atomic E-state index is -3.16. The first-order valence-electron chi connectivity index (χ1n) is 7.52. The molecule has 21 heavy (non-hydrogen) atoms. The van der Waals surface area contributed by atoms with Gasteiger partial charge in [0.2, 0.25) is 10.0 Å². The molecular weight excluding hydrogens is 288 g/mol. The summed E-state index contributed by atoms with van der Waals surface area (Å²) in [6.07, 6.45) is 1.37. The molecule has 0 aliphatic rings. The number of aryl methyl sites for hydroxylation is 3. The zero-order valence-electron chi connectivity index (χ0n) is 13.5. The van der Waals surface area contributed by atoms with Crippen LogP contribution in [0.3, 0.4) is 0 Å². The minimum Gasteiger partial charge on any atom is -0.314 e. The van der Waals surface area contributed by atoms with Gasteiger partial charge in [0.15, 0.2) is 0 Å². The first kappa shape index (κ1) is 18.1. The molecule has 2 N–H and O–H groups in total. The third kappa shape index (κ3) is 7.59. The number of rotatable bonds is 10. The van der Waals surface area contributed by atoms with Crippen molar-refractivity contribution in [2.75, 3.05) is 18.8 Å². The summed E-state index contributed by atoms with van der Waals surface area (Å²) in [5.41, 5.74) is 2.10. The summed E-state index contributed by atoms with van der Waals surface area (Å²) in [5.74, 6) is 0.173. The highest BCUT2D eigenvalue weighted by Gasteiger charge is 2.09. The van der Waals surface area contributed by atoms with Crippen molar-refractivity contribution in [3.8, 4) is 0 Å². The Morgan fingerprint density at radius 3 is 2.52 bits per heavy atom. The Labute approximate surface area is 128 Å². The molecule has 0 amide bonds. The average Bonchev–Trinajstić information content (AvgIpc) is 2.69. The van der Waals surface area contributed by atoms with E-state index in [1.807, 2.05) is 38.4 Å². The number of hydrogen-bond acceptors (Lipinski definition) is 4. The summed E-state index contributed by atoms with van der Waals surface area (Å²) in [5, 5.41) is 7.56. The van der Waals surface area contributed by atoms with Gasteiger partial charge < -0.3 is 5.32 Å². The van der Waals surface area contributed by atoms with Crippen molar-refractivity contribution in [1.82, 2.24) is 19.8 Å². The maximum Gasteiger partial charge on any atom is 0.211 e. The van der Waals surface area contributed by atoms with Crippen molar-refractivity contribution in [1.29, 1.82) is 0 Å². The lowest BCUT2D eigenvalue weighted by Gasteiger charge is -2.09. The van der Waals surface area contributed by atoms with Gasteiger partial charge in [-0.25, -0.2) is 13.1 Å². The van der Waals surface area contributed by atoms with E-state index in [1.54, 1.807) is 0 Å². The van der Waals surface area contributed by atoms with Gasteiger partial charge in [0.1, 0.15) is 0 Å². The highest BCUT2D eigenvalue weighted by Crippen LogP contribution is 2.02. The Bertz CT molecular complexity index is 523. The molecule has 0 saturated carbocycles. The maximum atomic E-state index is 11.8. The second kappa shape index (κ2) is 8.51. The first-order chi connectivity index (χ1) is 9.80. The molecule has 0 aromatic carbocycles. The van der Waals surface area contributed by atoms with Gasteiger partial charge in [0.25, 0.3) is 0 Å². The molecule has 122 valence electrons. The largest absolute Gasteiger partial charge is 0.314 e. The van der Waals surface area contributed by atoms with Crippen LogP contribution >= 0.6 is 0 Å². The lowest BCUT2D eigenvalue weighted by Crippen LogP contribution is -2.31. The molecule has 7 heteroatoms. The van der Waals surface area contributed by atoms with Gasteiger partial charge in [-0.3, -0.25) is 4.68 Å². The van der Waals surface area contributed by atoms with E-state index in [1.165, 1.54) is 0 Å². The number of hydrogen-bond donors (Lipinski definition) is 2. The molecule has 0 fully saturated rings. The van der Waals surface area contributed by atoms with Crippen molar-refractivity contribution in [3.05, 3.63) is 17.5 Å². The van der Waals surface area contributed by atoms with Crippen molar-refractivity contribution < 1.29 is 8.42 Å². The van der Waals surface area contributed by atoms with Crippen LogP contribution in [-0.2, 0) is 16.6 Å². The molecule has 0 bridgehead atoms. The molecule has 0 aliphatic heterocycles. The molecule has 6 nitrogen and oxygen atoms in total. The monoisotopic (exact) mass is 316 g/mol. The van der Waals surface area contributed by atoms with E-state index in [0.29, 0.717) is 19.0 Å². The van der Waals surface area contributed by atoms with Gasteiger partial charge in [-0.15, -0.1) is 0 Å². The van der Waals surface area contributed by atoms with Crippen molar-refractivity contribution >= 4 is 10.0 Å². The number of sulfonamides is 1. The van der Waals surface area contributed by atoms with Gasteiger partial charge in [0, 0.05) is 24.8 Å². The minimum absolute atomic E-state index is 0.173. The Morgan fingerprint density at radius 2 is 1.95 bits per heavy atom. The fourth-order valence-electron chi connectivity index (χ4n) is 2.08. The van der Waals surface area contributed by atoms with E-state index in [-0.39, 0.29) is 5.75 Å². The van der Waals surface area contributed by atoms with Gasteiger partial charge >= 0.3 is 0 Å². The molecule has 0 unspecified atom stereocenters. The average molecular weight is 316 g/mol. The maximum absolute atomic E-state index is 11.8. The normalized spacial score (nSPS) is 12.2. The van der Waals surface area contributed by atoms with E-state index in [2.05, 4.69) is 15.1 Å². The van der Waals surface area contributed by atoms with Crippen LogP contribution in [0.2, 0.25) is 0 Å². The van der Waals surface area contributed by atoms with Crippen molar-refractivity contribution in [2.45, 2.75) is 53.1 Å². The zero-order valence-corrected chi connectivity index (χ0v) is 14.3. The van der Waals surface area contributed by atoms with Gasteiger partial charge in [-0.2, -0.15) is 5.10 Å². The highest BCUT2D eigenvalue weighted by molar-refractivity contribution is 7.89. The molecular formula is C14H28N4O2S. The number of nitrogens with zero attached hydrogens (tertiary/aromatic N) is 2. The lowest BCUT2D eigenvalue weighted by molar-refractivity contribution is 0.539. The van der Waals surface area contributed by atoms with Crippen LogP contribution < -0.4 is 10.0 Å². The van der Waals surface area contributed by atoms with Gasteiger partial charge in [-0.05, 0) is 39.3 Å². The molecule has 0 atom stereocenters. The molecule has 0 aliphatic carbocycles. The van der Waals surface area contributed by atoms with Crippen molar-refractivity contribution in [2.24, 2.45) is 0 Å². The molecule has 0 radical (unpaired) electrons. The van der Waals surface area contributed by atoms with Gasteiger partial charge in [0.05, 0.1) is 11.4 Å². The molecule has 0 saturated heterocycles. The summed E-state index contributed by atoms with van der Waals surface area (Å²) in [4.78, 5) is 0. The van der Waals surface area contributed by atoms with E-state index in [0.717, 1.165) is 30.9 Å². The highest BCUT2D eigenvalue weighted by atomic mass is 32.2. The Kier molecular flexibility index (Phi) is 7.34. The first-order valence-corrected chi connectivity index (χ1v) is 9.17. The van der Waals surface area contributed by atoms with E-state index < -0.39 is 10.0 Å². The summed E-state index contributed by atoms with van der Waals surface area (Å²) in [7, 11) is -3.16. The van der Waals surface area contributed by atoms with Crippen LogP contribution in [0.1, 0.15) is 38.1 Å². The quantitative estimate of drug-likeness (QED) is 0.636. The SMILES string of the molecule is Cc1cc(C)n(CCCNS(=O)(=O)CCCNC(C)C)n1. The van der Waals surface area contributed by atoms with E-state index in [9.17, 15) is 8.42 Å². The molecule has 1 aromatic heterocycles. The number of aromatic nitrogens is 2. The number of nitrogens with one attached hydrogen (secondary N) is 2. The van der Waals surface area contributed by atoms with E-state index >= 15 is 0 Å². The second-order valence-corrected chi connectivity index (χ2v) is 7.61. The third-order valence-corrected chi connectivity index (χ3v) is 4.58. The molecule has 1 aromatic rings. The standard InChI is InChI=1S/C14H28N4O2S/c1-12(2)15-7-6-10-21(19,20)16-8-5-9-18-14(4)11-13(3)17-18/h11-12,15-16H,5-10H2,1-4H3. The Hall–Kier alpha value is -0.920. The fourth-order valence-corrected chi connectivity index (χ4v) is 3.21. The predicted molar refractivity (Wildman–Crippen MR) is 85.9 cm³/mol. The van der Waals surface area contributed by atoms with Crippen LogP contribution in [0.25, 0.3) is 0 Å². The Morgan fingerprint density at radius 1 is 1.24 bits per heavy atom. The van der Waals surface area contributed by atoms with Crippen LogP contribution in [-0.4, -0.2) is 43.1 Å². The lowest BCUT2D eigenvalue weighted by atomic mass is 10.4. The van der Waals surface area contributed by atoms with Crippen LogP contribution in [0.15, 0.2) is 6.07 Å². The molecule has 1 heterocycles. The summed E-state index contributed by atoms with van der Waals surface area (Å²) >= 11 is 0. The summed E-state index contributed by atoms with van der Waals surface area (Å²) < 4.78 is 28.2. The molecule has 1 rings (SSSR count). The van der Waals surface area contributed by atoms with Crippen LogP contribution in [0, 0.1) is 13.8 Å². The van der Waals surface area contributed by atoms with Gasteiger partial charge in [-0.1, -0.05) is 13.8 Å². The second-order valence-electron chi connectivity index (χ2n) is 5.68. The summed E-state index contributed by atoms with van der Waals surface area (Å²) in [6.45, 7) is 9.97.